The molecule has 0 unspecified atom stereocenters. The molecule has 0 fully saturated rings. The molecule has 0 atom stereocenters. The molecule has 0 saturated heterocycles. The van der Waals surface area contributed by atoms with E-state index in [-0.39, 0.29) is 28.6 Å². The van der Waals surface area contributed by atoms with Crippen LogP contribution in [0.25, 0.3) is 12.2 Å². The van der Waals surface area contributed by atoms with Gasteiger partial charge in [0, 0.05) is 17.7 Å². The lowest BCUT2D eigenvalue weighted by Crippen LogP contribution is -1.77. The van der Waals surface area contributed by atoms with Crippen LogP contribution < -0.4 is 0 Å². The Kier molecular flexibility index (Phi) is 3.20. The normalized spacial score (nSPS) is 10.9. The highest BCUT2D eigenvalue weighted by atomic mass is 16.3. The third-order valence-electron chi connectivity index (χ3n) is 2.50. The summed E-state index contributed by atoms with van der Waals surface area (Å²) in [6, 6.07) is 6.26. The highest BCUT2D eigenvalue weighted by Crippen LogP contribution is 2.33. The van der Waals surface area contributed by atoms with E-state index in [1.165, 1.54) is 36.4 Å². The van der Waals surface area contributed by atoms with Gasteiger partial charge < -0.3 is 25.5 Å². The van der Waals surface area contributed by atoms with E-state index >= 15 is 0 Å². The fraction of sp³-hybridized carbons (Fsp3) is 0. The van der Waals surface area contributed by atoms with Crippen LogP contribution >= 0.6 is 0 Å². The largest absolute Gasteiger partial charge is 0.508 e. The van der Waals surface area contributed by atoms with Crippen molar-refractivity contribution < 1.29 is 25.5 Å². The van der Waals surface area contributed by atoms with Crippen molar-refractivity contribution in [3.8, 4) is 28.7 Å². The molecule has 2 aromatic rings. The summed E-state index contributed by atoms with van der Waals surface area (Å²) in [5.74, 6) is -1.13. The molecule has 0 aliphatic carbocycles. The van der Waals surface area contributed by atoms with Crippen molar-refractivity contribution >= 4 is 12.2 Å². The lowest BCUT2D eigenvalue weighted by Gasteiger charge is -2.03. The minimum Gasteiger partial charge on any atom is -0.508 e. The Bertz CT molecular complexity index is 626. The Morgan fingerprint density at radius 1 is 0.579 bits per heavy atom. The maximum Gasteiger partial charge on any atom is 0.161 e. The third-order valence-corrected chi connectivity index (χ3v) is 2.50. The molecular weight excluding hydrogens is 248 g/mol. The molecule has 2 rings (SSSR count). The minimum atomic E-state index is -0.412. The second-order valence-electron chi connectivity index (χ2n) is 4.02. The van der Waals surface area contributed by atoms with Gasteiger partial charge in [-0.1, -0.05) is 12.2 Å². The van der Waals surface area contributed by atoms with E-state index < -0.39 is 5.75 Å². The molecule has 0 bridgehead atoms. The maximum absolute atomic E-state index is 9.58. The van der Waals surface area contributed by atoms with Crippen LogP contribution in [0.15, 0.2) is 30.3 Å². The Balaban J connectivity index is 2.35. The van der Waals surface area contributed by atoms with E-state index in [1.54, 1.807) is 0 Å². The van der Waals surface area contributed by atoms with Crippen molar-refractivity contribution in [1.82, 2.24) is 0 Å². The molecule has 2 aromatic carbocycles. The maximum atomic E-state index is 9.58. The van der Waals surface area contributed by atoms with Crippen LogP contribution in [0.3, 0.4) is 0 Å². The zero-order valence-electron chi connectivity index (χ0n) is 9.78. The second kappa shape index (κ2) is 4.81. The lowest BCUT2D eigenvalue weighted by molar-refractivity contribution is 0.396. The van der Waals surface area contributed by atoms with Crippen molar-refractivity contribution in [1.29, 1.82) is 0 Å². The van der Waals surface area contributed by atoms with Gasteiger partial charge in [0.1, 0.15) is 17.2 Å². The van der Waals surface area contributed by atoms with E-state index in [0.717, 1.165) is 6.07 Å². The van der Waals surface area contributed by atoms with Gasteiger partial charge in [-0.15, -0.1) is 0 Å². The highest BCUT2D eigenvalue weighted by Gasteiger charge is 2.05. The molecule has 5 N–H and O–H groups in total. The summed E-state index contributed by atoms with van der Waals surface area (Å²) in [4.78, 5) is 0. The molecular formula is C14H12O5. The molecule has 0 saturated carbocycles. The van der Waals surface area contributed by atoms with Crippen LogP contribution in [0, 0.1) is 0 Å². The molecule has 5 nitrogen and oxygen atoms in total. The fourth-order valence-electron chi connectivity index (χ4n) is 1.62. The summed E-state index contributed by atoms with van der Waals surface area (Å²) < 4.78 is 0. The predicted molar refractivity (Wildman–Crippen MR) is 70.1 cm³/mol. The SMILES string of the molecule is Oc1cc(O)cc(/C=C/c2cc(O)c(O)cc2O)c1. The number of rotatable bonds is 2. The smallest absolute Gasteiger partial charge is 0.161 e. The summed E-state index contributed by atoms with van der Waals surface area (Å²) >= 11 is 0. The number of hydrogen-bond acceptors (Lipinski definition) is 5. The zero-order chi connectivity index (χ0) is 14.0. The number of phenolic OH excluding ortho intramolecular Hbond substituents is 5. The van der Waals surface area contributed by atoms with E-state index in [0.29, 0.717) is 5.56 Å². The van der Waals surface area contributed by atoms with Crippen LogP contribution in [-0.2, 0) is 0 Å². The summed E-state index contributed by atoms with van der Waals surface area (Å²) in [6.45, 7) is 0. The number of benzene rings is 2. The van der Waals surface area contributed by atoms with Gasteiger partial charge >= 0.3 is 0 Å². The van der Waals surface area contributed by atoms with E-state index in [4.69, 9.17) is 0 Å². The summed E-state index contributed by atoms with van der Waals surface area (Å²) in [5, 5.41) is 46.7. The Hall–Kier alpha value is -2.82. The number of aromatic hydroxyl groups is 5. The lowest BCUT2D eigenvalue weighted by atomic mass is 10.1. The molecule has 5 heteroatoms. The van der Waals surface area contributed by atoms with Crippen molar-refractivity contribution in [2.24, 2.45) is 0 Å². The van der Waals surface area contributed by atoms with Crippen molar-refractivity contribution in [3.05, 3.63) is 41.5 Å². The van der Waals surface area contributed by atoms with Gasteiger partial charge in [-0.05, 0) is 23.8 Å². The molecule has 0 heterocycles. The van der Waals surface area contributed by atoms with Gasteiger partial charge in [0.15, 0.2) is 11.5 Å². The van der Waals surface area contributed by atoms with E-state index in [1.807, 2.05) is 0 Å². The first kappa shape index (κ1) is 12.6. The first-order chi connectivity index (χ1) is 8.95. The van der Waals surface area contributed by atoms with Crippen molar-refractivity contribution in [2.75, 3.05) is 0 Å². The van der Waals surface area contributed by atoms with Gasteiger partial charge in [-0.3, -0.25) is 0 Å². The first-order valence-corrected chi connectivity index (χ1v) is 5.42. The molecule has 0 aliphatic rings. The molecule has 0 aliphatic heterocycles. The highest BCUT2D eigenvalue weighted by molar-refractivity contribution is 5.75. The van der Waals surface area contributed by atoms with Crippen LogP contribution in [-0.4, -0.2) is 25.5 Å². The van der Waals surface area contributed by atoms with E-state index in [9.17, 15) is 25.5 Å². The van der Waals surface area contributed by atoms with Crippen LogP contribution in [0.1, 0.15) is 11.1 Å². The Morgan fingerprint density at radius 2 is 1.16 bits per heavy atom. The average molecular weight is 260 g/mol. The average Bonchev–Trinajstić information content (AvgIpc) is 2.31. The van der Waals surface area contributed by atoms with Gasteiger partial charge in [0.05, 0.1) is 0 Å². The van der Waals surface area contributed by atoms with Crippen LogP contribution in [0.2, 0.25) is 0 Å². The topological polar surface area (TPSA) is 101 Å². The van der Waals surface area contributed by atoms with Crippen LogP contribution in [0.4, 0.5) is 0 Å². The van der Waals surface area contributed by atoms with Gasteiger partial charge in [0.2, 0.25) is 0 Å². The van der Waals surface area contributed by atoms with Gasteiger partial charge in [-0.25, -0.2) is 0 Å². The molecule has 0 radical (unpaired) electrons. The van der Waals surface area contributed by atoms with Gasteiger partial charge in [0.25, 0.3) is 0 Å². The first-order valence-electron chi connectivity index (χ1n) is 5.42. The predicted octanol–water partition coefficient (Wildman–Crippen LogP) is 2.39. The van der Waals surface area contributed by atoms with Crippen LogP contribution in [0.5, 0.6) is 28.7 Å². The summed E-state index contributed by atoms with van der Waals surface area (Å²) in [5.41, 5.74) is 0.808. The Labute approximate surface area is 108 Å². The standard InChI is InChI=1S/C14H12O5/c15-10-3-8(4-11(16)6-10)1-2-9-5-13(18)14(19)7-12(9)17/h1-7,15-19H/b2-1+. The molecule has 0 amide bonds. The van der Waals surface area contributed by atoms with Gasteiger partial charge in [-0.2, -0.15) is 0 Å². The summed E-state index contributed by atoms with van der Waals surface area (Å²) in [6.07, 6.45) is 3.01. The number of hydrogen-bond donors (Lipinski definition) is 5. The molecule has 0 aromatic heterocycles. The Morgan fingerprint density at radius 3 is 1.79 bits per heavy atom. The van der Waals surface area contributed by atoms with Crippen molar-refractivity contribution in [2.45, 2.75) is 0 Å². The minimum absolute atomic E-state index is 0.0857. The fourth-order valence-corrected chi connectivity index (χ4v) is 1.62. The van der Waals surface area contributed by atoms with E-state index in [2.05, 4.69) is 0 Å². The molecule has 0 spiro atoms. The molecule has 98 valence electrons. The summed E-state index contributed by atoms with van der Waals surface area (Å²) in [7, 11) is 0. The third kappa shape index (κ3) is 2.90. The molecule has 19 heavy (non-hydrogen) atoms. The van der Waals surface area contributed by atoms with Crippen molar-refractivity contribution in [3.63, 3.8) is 0 Å². The second-order valence-corrected chi connectivity index (χ2v) is 4.02. The number of phenols is 5. The quantitative estimate of drug-likeness (QED) is 0.324. The zero-order valence-corrected chi connectivity index (χ0v) is 9.78. The monoisotopic (exact) mass is 260 g/mol.